The molecule has 0 radical (unpaired) electrons. The maximum absolute atomic E-state index is 13.0. The van der Waals surface area contributed by atoms with E-state index < -0.39 is 0 Å². The zero-order chi connectivity index (χ0) is 15.6. The molecule has 0 aliphatic heterocycles. The molecule has 0 bridgehead atoms. The molecule has 0 saturated carbocycles. The first-order valence-electron chi connectivity index (χ1n) is 7.02. The van der Waals surface area contributed by atoms with Crippen LogP contribution in [0.5, 0.6) is 0 Å². The Morgan fingerprint density at radius 3 is 2.13 bits per heavy atom. The van der Waals surface area contributed by atoms with Crippen LogP contribution in [-0.2, 0) is 0 Å². The van der Waals surface area contributed by atoms with Crippen LogP contribution >= 0.6 is 0 Å². The van der Waals surface area contributed by atoms with Crippen LogP contribution in [0.3, 0.4) is 0 Å². The van der Waals surface area contributed by atoms with Crippen molar-refractivity contribution in [3.05, 3.63) is 83.8 Å². The minimum Gasteiger partial charge on any atom is -0.265 e. The van der Waals surface area contributed by atoms with Gasteiger partial charge < -0.3 is 0 Å². The van der Waals surface area contributed by atoms with E-state index in [1.165, 1.54) is 9.36 Å². The molecule has 112 valence electrons. The van der Waals surface area contributed by atoms with Crippen LogP contribution in [0.15, 0.2) is 78.2 Å². The maximum atomic E-state index is 13.0. The minimum atomic E-state index is -0.270. The second-order valence-electron chi connectivity index (χ2n) is 4.83. The Hall–Kier alpha value is -3.48. The van der Waals surface area contributed by atoms with Gasteiger partial charge in [0.2, 0.25) is 0 Å². The molecule has 0 unspecified atom stereocenters. The van der Waals surface area contributed by atoms with Crippen molar-refractivity contribution in [1.82, 2.24) is 29.3 Å². The summed E-state index contributed by atoms with van der Waals surface area (Å²) in [4.78, 5) is 13.0. The average Bonchev–Trinajstić information content (AvgIpc) is 3.29. The first-order chi connectivity index (χ1) is 11.3. The second kappa shape index (κ2) is 5.38. The van der Waals surface area contributed by atoms with Gasteiger partial charge >= 0.3 is 0 Å². The fraction of sp³-hybridized carbons (Fsp3) is 0. The maximum Gasteiger partial charge on any atom is 0.299 e. The number of nitrogens with zero attached hydrogens (tertiary/aromatic N) is 6. The molecule has 7 nitrogen and oxygen atoms in total. The van der Waals surface area contributed by atoms with Crippen LogP contribution in [0.4, 0.5) is 0 Å². The Morgan fingerprint density at radius 1 is 0.783 bits per heavy atom. The number of aromatic nitrogens is 6. The first-order valence-corrected chi connectivity index (χ1v) is 7.02. The highest BCUT2D eigenvalue weighted by Crippen LogP contribution is 2.14. The molecule has 0 saturated heterocycles. The molecule has 4 aromatic rings. The highest BCUT2D eigenvalue weighted by molar-refractivity contribution is 5.49. The average molecular weight is 304 g/mol. The van der Waals surface area contributed by atoms with E-state index >= 15 is 0 Å². The van der Waals surface area contributed by atoms with E-state index in [2.05, 4.69) is 15.3 Å². The third kappa shape index (κ3) is 2.24. The normalized spacial score (nSPS) is 10.8. The molecular formula is C16H12N6O. The van der Waals surface area contributed by atoms with Crippen LogP contribution in [0, 0.1) is 0 Å². The molecule has 0 aliphatic rings. The lowest BCUT2D eigenvalue weighted by atomic mass is 10.3. The molecule has 3 aromatic heterocycles. The van der Waals surface area contributed by atoms with Gasteiger partial charge in [-0.1, -0.05) is 18.2 Å². The highest BCUT2D eigenvalue weighted by atomic mass is 16.1. The number of para-hydroxylation sites is 1. The second-order valence-corrected chi connectivity index (χ2v) is 4.83. The van der Waals surface area contributed by atoms with Crippen molar-refractivity contribution in [1.29, 1.82) is 0 Å². The van der Waals surface area contributed by atoms with Crippen LogP contribution in [0.2, 0.25) is 0 Å². The zero-order valence-electron chi connectivity index (χ0n) is 12.0. The van der Waals surface area contributed by atoms with E-state index in [1.807, 2.05) is 30.3 Å². The molecule has 0 aliphatic carbocycles. The molecule has 0 atom stereocenters. The quantitative estimate of drug-likeness (QED) is 0.576. The molecule has 23 heavy (non-hydrogen) atoms. The standard InChI is InChI=1S/C16H12N6O/c23-16-15(21-11-5-9-18-21)14(20-10-4-8-17-20)12-19-22(16)13-6-2-1-3-7-13/h1-12H. The van der Waals surface area contributed by atoms with Crippen LogP contribution < -0.4 is 5.56 Å². The topological polar surface area (TPSA) is 70.5 Å². The highest BCUT2D eigenvalue weighted by Gasteiger charge is 2.16. The van der Waals surface area contributed by atoms with Crippen molar-refractivity contribution in [2.75, 3.05) is 0 Å². The van der Waals surface area contributed by atoms with Crippen molar-refractivity contribution >= 4 is 0 Å². The molecule has 0 N–H and O–H groups in total. The smallest absolute Gasteiger partial charge is 0.265 e. The van der Waals surface area contributed by atoms with E-state index in [-0.39, 0.29) is 5.56 Å². The summed E-state index contributed by atoms with van der Waals surface area (Å²) in [5, 5.41) is 12.7. The lowest BCUT2D eigenvalue weighted by Gasteiger charge is -2.12. The van der Waals surface area contributed by atoms with Crippen LogP contribution in [-0.4, -0.2) is 29.3 Å². The van der Waals surface area contributed by atoms with Crippen molar-refractivity contribution in [3.63, 3.8) is 0 Å². The third-order valence-corrected chi connectivity index (χ3v) is 3.42. The van der Waals surface area contributed by atoms with E-state index in [0.29, 0.717) is 17.1 Å². The minimum absolute atomic E-state index is 0.270. The fourth-order valence-corrected chi connectivity index (χ4v) is 2.38. The summed E-state index contributed by atoms with van der Waals surface area (Å²) in [5.74, 6) is 0. The van der Waals surface area contributed by atoms with Gasteiger partial charge in [0.25, 0.3) is 5.56 Å². The molecule has 3 heterocycles. The van der Waals surface area contributed by atoms with Gasteiger partial charge in [-0.3, -0.25) is 4.79 Å². The molecule has 0 spiro atoms. The Morgan fingerprint density at radius 2 is 1.48 bits per heavy atom. The van der Waals surface area contributed by atoms with Gasteiger partial charge in [-0.25, -0.2) is 9.36 Å². The summed E-state index contributed by atoms with van der Waals surface area (Å²) in [6.45, 7) is 0. The molecule has 4 rings (SSSR count). The van der Waals surface area contributed by atoms with Gasteiger partial charge in [-0.15, -0.1) is 0 Å². The fourth-order valence-electron chi connectivity index (χ4n) is 2.38. The van der Waals surface area contributed by atoms with Crippen molar-refractivity contribution in [2.24, 2.45) is 0 Å². The first kappa shape index (κ1) is 13.2. The molecule has 1 aromatic carbocycles. The molecule has 7 heteroatoms. The lowest BCUT2D eigenvalue weighted by Crippen LogP contribution is -2.27. The lowest BCUT2D eigenvalue weighted by molar-refractivity contribution is 0.738. The van der Waals surface area contributed by atoms with Gasteiger partial charge in [0, 0.05) is 24.8 Å². The van der Waals surface area contributed by atoms with E-state index in [1.54, 1.807) is 47.8 Å². The van der Waals surface area contributed by atoms with E-state index in [0.717, 1.165) is 0 Å². The van der Waals surface area contributed by atoms with Gasteiger partial charge in [-0.2, -0.15) is 20.0 Å². The summed E-state index contributed by atoms with van der Waals surface area (Å²) in [5.41, 5.74) is 1.37. The summed E-state index contributed by atoms with van der Waals surface area (Å²) in [7, 11) is 0. The zero-order valence-corrected chi connectivity index (χ0v) is 12.0. The van der Waals surface area contributed by atoms with E-state index in [4.69, 9.17) is 0 Å². The number of benzene rings is 1. The van der Waals surface area contributed by atoms with Crippen molar-refractivity contribution < 1.29 is 0 Å². The predicted molar refractivity (Wildman–Crippen MR) is 84.1 cm³/mol. The monoisotopic (exact) mass is 304 g/mol. The predicted octanol–water partition coefficient (Wildman–Crippen LogP) is 1.60. The SMILES string of the molecule is O=c1c(-n2cccn2)c(-n2cccn2)cnn1-c1ccccc1. The summed E-state index contributed by atoms with van der Waals surface area (Å²) >= 11 is 0. The Kier molecular flexibility index (Phi) is 3.09. The van der Waals surface area contributed by atoms with Gasteiger partial charge in [0.05, 0.1) is 11.9 Å². The third-order valence-electron chi connectivity index (χ3n) is 3.42. The Bertz CT molecular complexity index is 971. The Balaban J connectivity index is 2.01. The number of hydrogen-bond donors (Lipinski definition) is 0. The summed E-state index contributed by atoms with van der Waals surface area (Å²) in [6, 6.07) is 12.8. The van der Waals surface area contributed by atoms with Crippen LogP contribution in [0.25, 0.3) is 17.1 Å². The largest absolute Gasteiger partial charge is 0.299 e. The molecule has 0 fully saturated rings. The van der Waals surface area contributed by atoms with Crippen LogP contribution in [0.1, 0.15) is 0 Å². The number of rotatable bonds is 3. The summed E-state index contributed by atoms with van der Waals surface area (Å²) < 4.78 is 4.48. The number of hydrogen-bond acceptors (Lipinski definition) is 4. The van der Waals surface area contributed by atoms with Gasteiger partial charge in [-0.05, 0) is 24.3 Å². The summed E-state index contributed by atoms with van der Waals surface area (Å²) in [6.07, 6.45) is 8.36. The molecule has 0 amide bonds. The van der Waals surface area contributed by atoms with Gasteiger partial charge in [0.1, 0.15) is 5.69 Å². The molecular weight excluding hydrogens is 292 g/mol. The Labute approximate surface area is 131 Å². The van der Waals surface area contributed by atoms with Gasteiger partial charge in [0.15, 0.2) is 5.69 Å². The van der Waals surface area contributed by atoms with Crippen molar-refractivity contribution in [2.45, 2.75) is 0 Å². The van der Waals surface area contributed by atoms with Crippen molar-refractivity contribution in [3.8, 4) is 17.1 Å². The van der Waals surface area contributed by atoms with E-state index in [9.17, 15) is 4.79 Å².